The Bertz CT molecular complexity index is 694. The van der Waals surface area contributed by atoms with E-state index < -0.39 is 11.6 Å². The molecule has 2 unspecified atom stereocenters. The maximum atomic E-state index is 12.5. The minimum Gasteiger partial charge on any atom is -0.459 e. The maximum absolute atomic E-state index is 12.5. The molecule has 2 amide bonds. The van der Waals surface area contributed by atoms with Gasteiger partial charge in [-0.2, -0.15) is 11.3 Å². The fraction of sp³-hybridized carbons (Fsp3) is 0.412. The van der Waals surface area contributed by atoms with Gasteiger partial charge in [0, 0.05) is 6.54 Å². The number of nitrogens with one attached hydrogen (secondary N) is 1. The van der Waals surface area contributed by atoms with Crippen LogP contribution in [-0.4, -0.2) is 41.0 Å². The predicted molar refractivity (Wildman–Crippen MR) is 89.7 cm³/mol. The van der Waals surface area contributed by atoms with Crippen LogP contribution in [0.15, 0.2) is 39.6 Å². The average Bonchev–Trinajstić information content (AvgIpc) is 3.34. The molecule has 1 aliphatic rings. The molecule has 2 atom stereocenters. The predicted octanol–water partition coefficient (Wildman–Crippen LogP) is 1.97. The molecule has 7 heteroatoms. The highest BCUT2D eigenvalue weighted by atomic mass is 32.1. The fourth-order valence-electron chi connectivity index (χ4n) is 2.87. The Morgan fingerprint density at radius 2 is 2.33 bits per heavy atom. The van der Waals surface area contributed by atoms with Gasteiger partial charge >= 0.3 is 0 Å². The summed E-state index contributed by atoms with van der Waals surface area (Å²) in [6.07, 6.45) is 2.82. The number of aliphatic hydroxyl groups is 1. The fourth-order valence-corrected chi connectivity index (χ4v) is 3.66. The normalized spacial score (nSPS) is 19.9. The van der Waals surface area contributed by atoms with Crippen LogP contribution in [0.3, 0.4) is 0 Å². The van der Waals surface area contributed by atoms with Crippen molar-refractivity contribution in [2.75, 3.05) is 13.1 Å². The van der Waals surface area contributed by atoms with Crippen LogP contribution in [0.4, 0.5) is 0 Å². The van der Waals surface area contributed by atoms with E-state index in [9.17, 15) is 14.7 Å². The van der Waals surface area contributed by atoms with Gasteiger partial charge in [0.2, 0.25) is 5.91 Å². The molecular weight excluding hydrogens is 328 g/mol. The molecule has 0 bridgehead atoms. The van der Waals surface area contributed by atoms with Crippen molar-refractivity contribution in [3.8, 4) is 0 Å². The molecule has 0 aliphatic carbocycles. The number of carbonyl (C=O) groups is 2. The minimum atomic E-state index is -1.13. The van der Waals surface area contributed by atoms with Crippen molar-refractivity contribution >= 4 is 23.2 Å². The quantitative estimate of drug-likeness (QED) is 0.865. The van der Waals surface area contributed by atoms with E-state index in [0.29, 0.717) is 13.0 Å². The summed E-state index contributed by atoms with van der Waals surface area (Å²) >= 11 is 1.49. The molecule has 1 fully saturated rings. The first-order valence-electron chi connectivity index (χ1n) is 7.86. The van der Waals surface area contributed by atoms with Crippen molar-refractivity contribution in [1.29, 1.82) is 0 Å². The third-order valence-electron chi connectivity index (χ3n) is 4.30. The van der Waals surface area contributed by atoms with Gasteiger partial charge in [-0.15, -0.1) is 0 Å². The van der Waals surface area contributed by atoms with Gasteiger partial charge in [-0.25, -0.2) is 0 Å². The second kappa shape index (κ2) is 6.78. The Morgan fingerprint density at radius 3 is 3.00 bits per heavy atom. The molecule has 6 nitrogen and oxygen atoms in total. The van der Waals surface area contributed by atoms with Crippen LogP contribution in [-0.2, 0) is 10.4 Å². The second-order valence-corrected chi connectivity index (χ2v) is 6.92. The monoisotopic (exact) mass is 348 g/mol. The maximum Gasteiger partial charge on any atom is 0.290 e. The minimum absolute atomic E-state index is 0.0991. The van der Waals surface area contributed by atoms with E-state index in [-0.39, 0.29) is 24.1 Å². The standard InChI is InChI=1S/C17H20N2O4S/c1-17(22,12-6-9-24-10-12)11-18-15(20)13-4-2-7-19(13)16(21)14-5-3-8-23-14/h3,5-6,8-10,13,22H,2,4,7,11H2,1H3,(H,18,20). The van der Waals surface area contributed by atoms with Gasteiger partial charge < -0.3 is 19.7 Å². The molecule has 2 aromatic heterocycles. The van der Waals surface area contributed by atoms with Crippen LogP contribution in [0.2, 0.25) is 0 Å². The number of hydrogen-bond acceptors (Lipinski definition) is 5. The Kier molecular flexibility index (Phi) is 4.73. The van der Waals surface area contributed by atoms with Crippen LogP contribution in [0, 0.1) is 0 Å². The number of amides is 2. The summed E-state index contributed by atoms with van der Waals surface area (Å²) in [4.78, 5) is 26.5. The van der Waals surface area contributed by atoms with Gasteiger partial charge in [0.15, 0.2) is 5.76 Å². The second-order valence-electron chi connectivity index (χ2n) is 6.14. The number of nitrogens with zero attached hydrogens (tertiary/aromatic N) is 1. The highest BCUT2D eigenvalue weighted by molar-refractivity contribution is 7.08. The van der Waals surface area contributed by atoms with E-state index in [1.165, 1.54) is 22.5 Å². The van der Waals surface area contributed by atoms with E-state index in [1.807, 2.05) is 16.8 Å². The SMILES string of the molecule is CC(O)(CNC(=O)C1CCCN1C(=O)c1ccco1)c1ccsc1. The molecule has 0 radical (unpaired) electrons. The van der Waals surface area contributed by atoms with Crippen LogP contribution >= 0.6 is 11.3 Å². The average molecular weight is 348 g/mol. The number of carbonyl (C=O) groups excluding carboxylic acids is 2. The van der Waals surface area contributed by atoms with Crippen LogP contribution in [0.25, 0.3) is 0 Å². The third kappa shape index (κ3) is 3.37. The number of thiophene rings is 1. The van der Waals surface area contributed by atoms with Gasteiger partial charge in [0.05, 0.1) is 12.8 Å². The van der Waals surface area contributed by atoms with Crippen molar-refractivity contribution in [3.63, 3.8) is 0 Å². The Balaban J connectivity index is 1.63. The molecule has 3 heterocycles. The first-order valence-corrected chi connectivity index (χ1v) is 8.80. The zero-order valence-electron chi connectivity index (χ0n) is 13.4. The van der Waals surface area contributed by atoms with Crippen molar-refractivity contribution in [1.82, 2.24) is 10.2 Å². The Morgan fingerprint density at radius 1 is 1.50 bits per heavy atom. The Labute approximate surface area is 144 Å². The van der Waals surface area contributed by atoms with Gasteiger partial charge in [-0.3, -0.25) is 9.59 Å². The molecule has 1 aliphatic heterocycles. The summed E-state index contributed by atoms with van der Waals surface area (Å²) in [5.74, 6) is -0.287. The van der Waals surface area contributed by atoms with E-state index in [0.717, 1.165) is 12.0 Å². The largest absolute Gasteiger partial charge is 0.459 e. The zero-order chi connectivity index (χ0) is 17.2. The zero-order valence-corrected chi connectivity index (χ0v) is 14.2. The molecule has 3 rings (SSSR count). The van der Waals surface area contributed by atoms with Crippen LogP contribution < -0.4 is 5.32 Å². The molecule has 1 saturated heterocycles. The van der Waals surface area contributed by atoms with Crippen molar-refractivity contribution in [3.05, 3.63) is 46.5 Å². The summed E-state index contributed by atoms with van der Waals surface area (Å²) in [6.45, 7) is 2.29. The summed E-state index contributed by atoms with van der Waals surface area (Å²) in [5, 5.41) is 17.0. The van der Waals surface area contributed by atoms with Gasteiger partial charge in [0.1, 0.15) is 11.6 Å². The molecule has 0 aromatic carbocycles. The topological polar surface area (TPSA) is 82.8 Å². The molecule has 2 aromatic rings. The lowest BCUT2D eigenvalue weighted by Crippen LogP contribution is -2.48. The molecule has 2 N–H and O–H groups in total. The smallest absolute Gasteiger partial charge is 0.290 e. The number of rotatable bonds is 5. The van der Waals surface area contributed by atoms with Crippen molar-refractivity contribution in [2.24, 2.45) is 0 Å². The lowest BCUT2D eigenvalue weighted by Gasteiger charge is -2.26. The summed E-state index contributed by atoms with van der Waals surface area (Å²) < 4.78 is 5.14. The van der Waals surface area contributed by atoms with E-state index in [2.05, 4.69) is 5.32 Å². The first kappa shape index (κ1) is 16.7. The van der Waals surface area contributed by atoms with E-state index in [1.54, 1.807) is 19.1 Å². The van der Waals surface area contributed by atoms with E-state index in [4.69, 9.17) is 4.42 Å². The van der Waals surface area contributed by atoms with Gasteiger partial charge in [0.25, 0.3) is 5.91 Å². The number of furan rings is 1. The van der Waals surface area contributed by atoms with Gasteiger partial charge in [-0.1, -0.05) is 0 Å². The lowest BCUT2D eigenvalue weighted by molar-refractivity contribution is -0.126. The molecule has 128 valence electrons. The summed E-state index contributed by atoms with van der Waals surface area (Å²) in [5.41, 5.74) is -0.368. The Hall–Kier alpha value is -2.12. The highest BCUT2D eigenvalue weighted by Gasteiger charge is 2.36. The van der Waals surface area contributed by atoms with Gasteiger partial charge in [-0.05, 0) is 54.3 Å². The van der Waals surface area contributed by atoms with Crippen molar-refractivity contribution < 1.29 is 19.1 Å². The molecule has 0 spiro atoms. The van der Waals surface area contributed by atoms with Crippen LogP contribution in [0.1, 0.15) is 35.9 Å². The molecule has 0 saturated carbocycles. The summed E-state index contributed by atoms with van der Waals surface area (Å²) in [6, 6.07) is 4.55. The number of likely N-dealkylation sites (tertiary alicyclic amines) is 1. The third-order valence-corrected chi connectivity index (χ3v) is 4.98. The first-order chi connectivity index (χ1) is 11.5. The highest BCUT2D eigenvalue weighted by Crippen LogP contribution is 2.23. The number of hydrogen-bond donors (Lipinski definition) is 2. The lowest BCUT2D eigenvalue weighted by atomic mass is 9.99. The molecular formula is C17H20N2O4S. The van der Waals surface area contributed by atoms with Crippen molar-refractivity contribution in [2.45, 2.75) is 31.4 Å². The summed E-state index contributed by atoms with van der Waals surface area (Å²) in [7, 11) is 0. The molecule has 24 heavy (non-hydrogen) atoms. The van der Waals surface area contributed by atoms with E-state index >= 15 is 0 Å². The van der Waals surface area contributed by atoms with Crippen LogP contribution in [0.5, 0.6) is 0 Å².